The van der Waals surface area contributed by atoms with Gasteiger partial charge in [0.2, 0.25) is 0 Å². The lowest BCUT2D eigenvalue weighted by Crippen LogP contribution is -2.25. The van der Waals surface area contributed by atoms with Gasteiger partial charge in [-0.3, -0.25) is 28.3 Å². The van der Waals surface area contributed by atoms with Crippen LogP contribution in [0.3, 0.4) is 0 Å². The number of allylic oxidation sites excluding steroid dienone is 2. The molecule has 1 atom stereocenters. The zero-order valence-corrected chi connectivity index (χ0v) is 63.8. The second-order valence-corrected chi connectivity index (χ2v) is 29.9. The van der Waals surface area contributed by atoms with E-state index in [4.69, 9.17) is 11.6 Å². The molecule has 15 rings (SSSR count). The van der Waals surface area contributed by atoms with Crippen molar-refractivity contribution in [2.75, 3.05) is 0 Å². The zero-order chi connectivity index (χ0) is 75.6. The summed E-state index contributed by atoms with van der Waals surface area (Å²) >= 11 is 5.73. The second kappa shape index (κ2) is 35.1. The molecule has 7 aromatic heterocycles. The summed E-state index contributed by atoms with van der Waals surface area (Å²) in [6.45, 7) is 30.0. The Morgan fingerprint density at radius 1 is 0.577 bits per heavy atom. The molecule has 1 unspecified atom stereocenters. The molecule has 4 aliphatic carbocycles. The second-order valence-electron chi connectivity index (χ2n) is 29.5. The number of halogens is 8. The Hall–Kier alpha value is -8.45. The Kier molecular flexibility index (Phi) is 26.9. The Labute approximate surface area is 612 Å². The van der Waals surface area contributed by atoms with Crippen LogP contribution in [0.25, 0.3) is 49.4 Å². The number of carbonyl (C=O) groups is 1. The van der Waals surface area contributed by atoms with Gasteiger partial charge in [0.05, 0.1) is 27.8 Å². The van der Waals surface area contributed by atoms with Crippen LogP contribution in [0.5, 0.6) is 0 Å². The van der Waals surface area contributed by atoms with E-state index in [0.29, 0.717) is 41.8 Å². The minimum Gasteiger partial charge on any atom is -0.345 e. The van der Waals surface area contributed by atoms with E-state index in [0.717, 1.165) is 89.5 Å². The van der Waals surface area contributed by atoms with Crippen molar-refractivity contribution in [1.29, 1.82) is 0 Å². The van der Waals surface area contributed by atoms with Crippen molar-refractivity contribution in [3.8, 4) is 0 Å². The highest BCUT2D eigenvalue weighted by atomic mass is 35.5. The molecule has 12 nitrogen and oxygen atoms in total. The fraction of sp³-hybridized carbons (Fsp3) is 0.464. The van der Waals surface area contributed by atoms with Crippen LogP contribution in [0.4, 0.5) is 30.7 Å². The molecule has 0 radical (unpaired) electrons. The fourth-order valence-electron chi connectivity index (χ4n) is 14.4. The number of rotatable bonds is 11. The van der Waals surface area contributed by atoms with Gasteiger partial charge in [-0.15, -0.1) is 0 Å². The topological polar surface area (TPSA) is 107 Å². The van der Waals surface area contributed by atoms with Gasteiger partial charge in [0, 0.05) is 128 Å². The standard InChI is InChI=1S/C16H20N2O.C15H17NO.C15H19N.C12H17F3N2.C11H11ClFN.C8H11N.C7H9F3N2/c1-12(2)17-14-10-6-7-11-15(14)18(16(17)19)13-8-4-3-5-9-13;1-10(2)16-12-7-4-3-6-11(12)15-13(16)8-5-9-14(15)17;1-11(2)16-14-9-5-3-7-12(14)13-8-4-6-10-15(13)16;1-6(2)17-11(12(14)15)9(8-4-5-8)10(16-17)7(3)13;1-7(2)14-4-3-8-5-10(13)9(12)6-11(8)14;1-7(2)8-5-3-4-6-9-8;1-5(2)12-4-6(3-11-12)7(8,9)10/h6-8,10-12H,3-5,9H2,1-2H3;3-4,6-7,10H,5,8-9H2,1-2H3;3,5,7,9,11H,4,6,8,10H2,1-2H3;6-8,12H,4-5H2,1-3H3;3-7H,1-2H3;3-7H,1-2H3;3-5H,1-2H3. The van der Waals surface area contributed by atoms with Crippen LogP contribution in [0.15, 0.2) is 145 Å². The van der Waals surface area contributed by atoms with Gasteiger partial charge in [-0.2, -0.15) is 23.4 Å². The predicted molar refractivity (Wildman–Crippen MR) is 410 cm³/mol. The van der Waals surface area contributed by atoms with Crippen molar-refractivity contribution >= 4 is 66.8 Å². The van der Waals surface area contributed by atoms with Crippen molar-refractivity contribution in [3.05, 3.63) is 212 Å². The number of nitrogens with zero attached hydrogens (tertiary/aromatic N) is 10. The fourth-order valence-corrected chi connectivity index (χ4v) is 14.5. The molecular weight excluding hydrogens is 1350 g/mol. The number of imidazole rings is 1. The molecule has 0 aliphatic heterocycles. The summed E-state index contributed by atoms with van der Waals surface area (Å²) in [5, 5.41) is 11.3. The van der Waals surface area contributed by atoms with E-state index in [1.165, 1.54) is 88.7 Å². The lowest BCUT2D eigenvalue weighted by Gasteiger charge is -2.18. The number of alkyl halides is 6. The van der Waals surface area contributed by atoms with Crippen LogP contribution < -0.4 is 5.69 Å². The molecule has 11 aromatic rings. The Morgan fingerprint density at radius 3 is 1.69 bits per heavy atom. The minimum absolute atomic E-state index is 0.0406. The Bertz CT molecular complexity index is 4730. The molecule has 0 bridgehead atoms. The van der Waals surface area contributed by atoms with Crippen molar-refractivity contribution < 1.29 is 35.5 Å². The van der Waals surface area contributed by atoms with Crippen LogP contribution in [0.2, 0.25) is 5.02 Å². The number of para-hydroxylation sites is 4. The highest BCUT2D eigenvalue weighted by Gasteiger charge is 2.38. The third kappa shape index (κ3) is 18.4. The molecule has 0 saturated heterocycles. The molecule has 4 aromatic carbocycles. The molecule has 4 aliphatic rings. The zero-order valence-electron chi connectivity index (χ0n) is 63.1. The number of fused-ring (bicyclic) bond motifs is 8. The quantitative estimate of drug-likeness (QED) is 0.120. The van der Waals surface area contributed by atoms with Gasteiger partial charge in [0.25, 0.3) is 6.43 Å². The summed E-state index contributed by atoms with van der Waals surface area (Å²) in [5.41, 5.74) is 13.5. The van der Waals surface area contributed by atoms with Crippen LogP contribution in [0, 0.1) is 5.82 Å². The Morgan fingerprint density at radius 2 is 1.16 bits per heavy atom. The van der Waals surface area contributed by atoms with Gasteiger partial charge in [0.15, 0.2) is 5.78 Å². The number of Topliss-reactive ketones (excluding diaryl/α,β-unsaturated/α-hetero) is 1. The number of aromatic nitrogens is 10. The first kappa shape index (κ1) is 79.7. The molecule has 558 valence electrons. The van der Waals surface area contributed by atoms with E-state index < -0.39 is 24.3 Å². The van der Waals surface area contributed by atoms with Crippen molar-refractivity contribution in [2.24, 2.45) is 0 Å². The van der Waals surface area contributed by atoms with Gasteiger partial charge in [0.1, 0.15) is 23.4 Å². The monoisotopic (exact) mass is 1450 g/mol. The SMILES string of the molecule is CC(C)c1ccccn1.CC(C)n1c(=O)n(C2=CCCCC2)c2ccccc21.CC(C)n1c2c(c3ccccc31)C(=O)CCC2.CC(C)n1c2c(c3ccccc31)CCCC2.CC(C)n1cc(C(F)(F)F)cn1.CC(C)n1ccc2cc(F)c(Cl)cc21.CC(F)c1nn(C(C)C)c(C(F)F)c1C1CC1. The normalized spacial score (nSPS) is 14.7. The average Bonchev–Trinajstić information content (AvgIpc) is 1.60. The van der Waals surface area contributed by atoms with Crippen molar-refractivity contribution in [3.63, 3.8) is 0 Å². The van der Waals surface area contributed by atoms with Gasteiger partial charge in [-0.1, -0.05) is 86.1 Å². The molecule has 104 heavy (non-hydrogen) atoms. The van der Waals surface area contributed by atoms with Crippen LogP contribution in [-0.2, 0) is 25.4 Å². The van der Waals surface area contributed by atoms with Crippen molar-refractivity contribution in [1.82, 2.24) is 47.4 Å². The number of pyridine rings is 1. The minimum atomic E-state index is -4.28. The smallest absolute Gasteiger partial charge is 0.345 e. The summed E-state index contributed by atoms with van der Waals surface area (Å²) in [6.07, 6.45) is 13.9. The first-order chi connectivity index (χ1) is 49.4. The number of benzene rings is 4. The van der Waals surface area contributed by atoms with Crippen LogP contribution in [0.1, 0.15) is 284 Å². The maximum Gasteiger partial charge on any atom is 0.419 e. The first-order valence-electron chi connectivity index (χ1n) is 37.1. The van der Waals surface area contributed by atoms with E-state index in [9.17, 15) is 40.3 Å². The van der Waals surface area contributed by atoms with Crippen molar-refractivity contribution in [2.45, 2.75) is 254 Å². The number of ketones is 1. The van der Waals surface area contributed by atoms with Crippen LogP contribution >= 0.6 is 11.6 Å². The molecule has 0 amide bonds. The van der Waals surface area contributed by atoms with E-state index in [2.05, 4.69) is 147 Å². The van der Waals surface area contributed by atoms with E-state index in [-0.39, 0.29) is 52.0 Å². The number of carbonyl (C=O) groups excluding carboxylic acids is 1. The maximum atomic E-state index is 13.5. The summed E-state index contributed by atoms with van der Waals surface area (Å²) in [7, 11) is 0. The van der Waals surface area contributed by atoms with E-state index >= 15 is 0 Å². The maximum absolute atomic E-state index is 13.5. The third-order valence-corrected chi connectivity index (χ3v) is 19.6. The number of hydrogen-bond acceptors (Lipinski definition) is 5. The molecule has 1 fully saturated rings. The van der Waals surface area contributed by atoms with Gasteiger partial charge < -0.3 is 13.7 Å². The highest BCUT2D eigenvalue weighted by molar-refractivity contribution is 6.31. The highest BCUT2D eigenvalue weighted by Crippen LogP contribution is 2.48. The lowest BCUT2D eigenvalue weighted by molar-refractivity contribution is -0.137. The summed E-state index contributed by atoms with van der Waals surface area (Å²) in [5.74, 6) is 0.591. The van der Waals surface area contributed by atoms with E-state index in [1.807, 2.05) is 76.1 Å². The number of aryl methyl sites for hydroxylation is 1. The number of hydrogen-bond donors (Lipinski definition) is 0. The molecular formula is C84H104ClF7N10O2. The predicted octanol–water partition coefficient (Wildman–Crippen LogP) is 24.7. The average molecular weight is 1450 g/mol. The largest absolute Gasteiger partial charge is 0.419 e. The molecule has 1 saturated carbocycles. The Balaban J connectivity index is 0.000000142. The van der Waals surface area contributed by atoms with Gasteiger partial charge >= 0.3 is 11.9 Å². The van der Waals surface area contributed by atoms with Gasteiger partial charge in [-0.25, -0.2) is 22.4 Å². The molecule has 0 N–H and O–H groups in total. The van der Waals surface area contributed by atoms with Gasteiger partial charge in [-0.05, 0) is 239 Å². The molecule has 20 heteroatoms. The third-order valence-electron chi connectivity index (χ3n) is 19.3. The first-order valence-corrected chi connectivity index (χ1v) is 37.5. The molecule has 0 spiro atoms. The lowest BCUT2D eigenvalue weighted by atomic mass is 9.94. The summed E-state index contributed by atoms with van der Waals surface area (Å²) in [4.78, 5) is 29.0. The summed E-state index contributed by atoms with van der Waals surface area (Å²) in [6, 6.07) is 37.6. The van der Waals surface area contributed by atoms with Crippen LogP contribution in [-0.4, -0.2) is 53.2 Å². The molecule has 7 heterocycles. The van der Waals surface area contributed by atoms with E-state index in [1.54, 1.807) is 45.0 Å². The summed E-state index contributed by atoms with van der Waals surface area (Å²) < 4.78 is 102.